The maximum absolute atomic E-state index is 12.1. The number of nitroso groups, excluding NO2 is 1. The van der Waals surface area contributed by atoms with E-state index >= 15 is 0 Å². The lowest BCUT2D eigenvalue weighted by atomic mass is 10.2. The molecule has 0 spiro atoms. The van der Waals surface area contributed by atoms with Gasteiger partial charge in [-0.3, -0.25) is 0 Å². The highest BCUT2D eigenvalue weighted by Gasteiger charge is 2.15. The molecular formula is C14H14N2O3S. The Morgan fingerprint density at radius 3 is 2.45 bits per heavy atom. The van der Waals surface area contributed by atoms with Gasteiger partial charge in [0.2, 0.25) is 10.0 Å². The van der Waals surface area contributed by atoms with Crippen LogP contribution < -0.4 is 4.72 Å². The maximum atomic E-state index is 12.1. The van der Waals surface area contributed by atoms with Gasteiger partial charge in [0.05, 0.1) is 4.90 Å². The second-order valence-electron chi connectivity index (χ2n) is 4.35. The van der Waals surface area contributed by atoms with Crippen molar-refractivity contribution in [3.8, 4) is 0 Å². The Balaban J connectivity index is 2.20. The van der Waals surface area contributed by atoms with Crippen LogP contribution in [0.15, 0.2) is 58.6 Å². The smallest absolute Gasteiger partial charge is 0.207 e. The minimum Gasteiger partial charge on any atom is -0.207 e. The van der Waals surface area contributed by atoms with Gasteiger partial charge in [-0.25, -0.2) is 13.1 Å². The molecular weight excluding hydrogens is 276 g/mol. The number of nitrogens with zero attached hydrogens (tertiary/aromatic N) is 1. The van der Waals surface area contributed by atoms with E-state index in [4.69, 9.17) is 0 Å². The van der Waals surface area contributed by atoms with Gasteiger partial charge in [-0.1, -0.05) is 36.4 Å². The first kappa shape index (κ1) is 14.4. The Morgan fingerprint density at radius 1 is 1.10 bits per heavy atom. The molecule has 0 aromatic heterocycles. The fourth-order valence-electron chi connectivity index (χ4n) is 1.71. The summed E-state index contributed by atoms with van der Waals surface area (Å²) in [6.45, 7) is 1.89. The van der Waals surface area contributed by atoms with Crippen LogP contribution in [-0.4, -0.2) is 8.42 Å². The lowest BCUT2D eigenvalue weighted by molar-refractivity contribution is 0.581. The van der Waals surface area contributed by atoms with E-state index in [9.17, 15) is 13.3 Å². The van der Waals surface area contributed by atoms with Crippen LogP contribution >= 0.6 is 0 Å². The van der Waals surface area contributed by atoms with Crippen LogP contribution in [0.1, 0.15) is 11.1 Å². The average molecular weight is 290 g/mol. The van der Waals surface area contributed by atoms with Gasteiger partial charge >= 0.3 is 0 Å². The molecule has 6 heteroatoms. The number of rotatable bonds is 5. The second kappa shape index (κ2) is 5.94. The number of benzene rings is 2. The first-order valence-corrected chi connectivity index (χ1v) is 7.49. The molecule has 0 atom stereocenters. The number of sulfonamides is 1. The minimum absolute atomic E-state index is 0.0358. The van der Waals surface area contributed by atoms with Crippen LogP contribution in [0.25, 0.3) is 0 Å². The highest BCUT2D eigenvalue weighted by Crippen LogP contribution is 2.22. The van der Waals surface area contributed by atoms with Crippen molar-refractivity contribution in [2.24, 2.45) is 5.18 Å². The highest BCUT2D eigenvalue weighted by molar-refractivity contribution is 7.89. The maximum Gasteiger partial charge on any atom is 0.240 e. The summed E-state index contributed by atoms with van der Waals surface area (Å²) < 4.78 is 26.8. The molecule has 0 saturated carbocycles. The molecule has 0 unspecified atom stereocenters. The molecule has 0 radical (unpaired) electrons. The van der Waals surface area contributed by atoms with Crippen molar-refractivity contribution >= 4 is 15.7 Å². The number of aryl methyl sites for hydroxylation is 1. The van der Waals surface area contributed by atoms with Crippen molar-refractivity contribution in [3.63, 3.8) is 0 Å². The SMILES string of the molecule is Cc1ccc(S(=O)(=O)NCc2ccccc2)cc1N=O. The summed E-state index contributed by atoms with van der Waals surface area (Å²) in [6, 6.07) is 13.5. The number of nitrogens with one attached hydrogen (secondary N) is 1. The number of hydrogen-bond acceptors (Lipinski definition) is 4. The van der Waals surface area contributed by atoms with Crippen LogP contribution in [0, 0.1) is 11.8 Å². The topological polar surface area (TPSA) is 75.6 Å². The lowest BCUT2D eigenvalue weighted by Crippen LogP contribution is -2.23. The van der Waals surface area contributed by atoms with Gasteiger partial charge in [-0.15, -0.1) is 4.91 Å². The lowest BCUT2D eigenvalue weighted by Gasteiger charge is -2.08. The van der Waals surface area contributed by atoms with Crippen molar-refractivity contribution in [3.05, 3.63) is 64.6 Å². The molecule has 0 saturated heterocycles. The average Bonchev–Trinajstić information content (AvgIpc) is 2.46. The summed E-state index contributed by atoms with van der Waals surface area (Å²) in [5.41, 5.74) is 1.63. The molecule has 2 rings (SSSR count). The second-order valence-corrected chi connectivity index (χ2v) is 6.12. The van der Waals surface area contributed by atoms with E-state index in [2.05, 4.69) is 9.90 Å². The first-order valence-electron chi connectivity index (χ1n) is 6.00. The van der Waals surface area contributed by atoms with E-state index < -0.39 is 10.0 Å². The molecule has 2 aromatic rings. The summed E-state index contributed by atoms with van der Waals surface area (Å²) in [5.74, 6) is 0. The summed E-state index contributed by atoms with van der Waals surface area (Å²) >= 11 is 0. The van der Waals surface area contributed by atoms with Gasteiger partial charge in [0.25, 0.3) is 0 Å². The Kier molecular flexibility index (Phi) is 4.26. The largest absolute Gasteiger partial charge is 0.240 e. The Morgan fingerprint density at radius 2 is 1.80 bits per heavy atom. The van der Waals surface area contributed by atoms with E-state index in [1.54, 1.807) is 13.0 Å². The van der Waals surface area contributed by atoms with Gasteiger partial charge in [0.15, 0.2) is 0 Å². The molecule has 2 aromatic carbocycles. The fraction of sp³-hybridized carbons (Fsp3) is 0.143. The Bertz CT molecular complexity index is 712. The zero-order valence-corrected chi connectivity index (χ0v) is 11.7. The van der Waals surface area contributed by atoms with Crippen molar-refractivity contribution in [1.82, 2.24) is 4.72 Å². The summed E-state index contributed by atoms with van der Waals surface area (Å²) in [4.78, 5) is 10.7. The predicted molar refractivity (Wildman–Crippen MR) is 77.1 cm³/mol. The molecule has 0 fully saturated rings. The van der Waals surface area contributed by atoms with Gasteiger partial charge in [0.1, 0.15) is 5.69 Å². The molecule has 0 amide bonds. The zero-order chi connectivity index (χ0) is 14.6. The predicted octanol–water partition coefficient (Wildman–Crippen LogP) is 2.87. The van der Waals surface area contributed by atoms with Gasteiger partial charge < -0.3 is 0 Å². The van der Waals surface area contributed by atoms with Crippen LogP contribution in [0.4, 0.5) is 5.69 Å². The van der Waals surface area contributed by atoms with E-state index in [0.717, 1.165) is 5.56 Å². The monoisotopic (exact) mass is 290 g/mol. The van der Waals surface area contributed by atoms with Crippen LogP contribution in [0.5, 0.6) is 0 Å². The summed E-state index contributed by atoms with van der Waals surface area (Å²) in [6.07, 6.45) is 0. The highest BCUT2D eigenvalue weighted by atomic mass is 32.2. The third-order valence-corrected chi connectivity index (χ3v) is 4.30. The van der Waals surface area contributed by atoms with Crippen molar-refractivity contribution in [2.45, 2.75) is 18.4 Å². The molecule has 20 heavy (non-hydrogen) atoms. The molecule has 5 nitrogen and oxygen atoms in total. The summed E-state index contributed by atoms with van der Waals surface area (Å²) in [5, 5.41) is 2.82. The van der Waals surface area contributed by atoms with Crippen LogP contribution in [0.3, 0.4) is 0 Å². The van der Waals surface area contributed by atoms with Crippen molar-refractivity contribution in [2.75, 3.05) is 0 Å². The van der Waals surface area contributed by atoms with E-state index in [0.29, 0.717) is 5.56 Å². The Labute approximate surface area is 117 Å². The Hall–Kier alpha value is -2.05. The third-order valence-electron chi connectivity index (χ3n) is 2.90. The van der Waals surface area contributed by atoms with Crippen molar-refractivity contribution < 1.29 is 8.42 Å². The quantitative estimate of drug-likeness (QED) is 0.860. The third kappa shape index (κ3) is 3.28. The zero-order valence-electron chi connectivity index (χ0n) is 10.9. The van der Waals surface area contributed by atoms with Gasteiger partial charge in [-0.2, -0.15) is 0 Å². The molecule has 0 aliphatic rings. The van der Waals surface area contributed by atoms with Crippen LogP contribution in [-0.2, 0) is 16.6 Å². The minimum atomic E-state index is -3.66. The molecule has 0 aliphatic heterocycles. The summed E-state index contributed by atoms with van der Waals surface area (Å²) in [7, 11) is -3.66. The molecule has 1 N–H and O–H groups in total. The van der Waals surface area contributed by atoms with Gasteiger partial charge in [0, 0.05) is 6.54 Å². The number of hydrogen-bond donors (Lipinski definition) is 1. The standard InChI is InChI=1S/C14H14N2O3S/c1-11-7-8-13(9-14(11)16-17)20(18,19)15-10-12-5-3-2-4-6-12/h2-9,15H,10H2,1H3. The fourth-order valence-corrected chi connectivity index (χ4v) is 2.75. The first-order chi connectivity index (χ1) is 9.53. The molecule has 0 heterocycles. The van der Waals surface area contributed by atoms with E-state index in [1.807, 2.05) is 30.3 Å². The van der Waals surface area contributed by atoms with E-state index in [1.165, 1.54) is 12.1 Å². The van der Waals surface area contributed by atoms with Gasteiger partial charge in [-0.05, 0) is 35.4 Å². The molecule has 104 valence electrons. The van der Waals surface area contributed by atoms with E-state index in [-0.39, 0.29) is 17.1 Å². The van der Waals surface area contributed by atoms with Crippen LogP contribution in [0.2, 0.25) is 0 Å². The normalized spacial score (nSPS) is 11.2. The molecule has 0 bridgehead atoms. The van der Waals surface area contributed by atoms with Crippen molar-refractivity contribution in [1.29, 1.82) is 0 Å². The molecule has 0 aliphatic carbocycles.